The van der Waals surface area contributed by atoms with Crippen LogP contribution in [0.1, 0.15) is 28.9 Å². The van der Waals surface area contributed by atoms with Crippen molar-refractivity contribution in [2.24, 2.45) is 0 Å². The number of nitrogens with one attached hydrogen (secondary N) is 1. The van der Waals surface area contributed by atoms with Crippen molar-refractivity contribution >= 4 is 17.4 Å². The van der Waals surface area contributed by atoms with Crippen molar-refractivity contribution in [3.63, 3.8) is 0 Å². The highest BCUT2D eigenvalue weighted by molar-refractivity contribution is 5.90. The first-order valence-electron chi connectivity index (χ1n) is 7.55. The summed E-state index contributed by atoms with van der Waals surface area (Å²) in [5.74, 6) is -0.620. The number of nitrogens with zero attached hydrogens (tertiary/aromatic N) is 2. The molecule has 2 heterocycles. The molecule has 0 aliphatic carbocycles. The summed E-state index contributed by atoms with van der Waals surface area (Å²) in [6.07, 6.45) is 4.53. The standard InChI is InChI=1S/C18H17N3O3/c1-13(22)20-11-17(14-5-3-2-4-6-14)24-18(23)15-7-8-21-12-19-10-16(21)9-15/h2-10,12,17H,11H2,1H3,(H,20,22). The van der Waals surface area contributed by atoms with Gasteiger partial charge in [0.15, 0.2) is 0 Å². The molecule has 3 aromatic rings. The van der Waals surface area contributed by atoms with Crippen molar-refractivity contribution in [1.82, 2.24) is 14.7 Å². The van der Waals surface area contributed by atoms with Crippen LogP contribution in [0.25, 0.3) is 5.52 Å². The summed E-state index contributed by atoms with van der Waals surface area (Å²) in [4.78, 5) is 27.7. The number of ether oxygens (including phenoxy) is 1. The predicted octanol–water partition coefficient (Wildman–Crippen LogP) is 2.37. The van der Waals surface area contributed by atoms with Crippen LogP contribution in [0.5, 0.6) is 0 Å². The van der Waals surface area contributed by atoms with Crippen LogP contribution in [-0.4, -0.2) is 27.8 Å². The number of benzene rings is 1. The summed E-state index contributed by atoms with van der Waals surface area (Å²) in [5, 5.41) is 2.70. The highest BCUT2D eigenvalue weighted by Gasteiger charge is 2.18. The number of rotatable bonds is 5. The van der Waals surface area contributed by atoms with Gasteiger partial charge in [0.1, 0.15) is 6.10 Å². The van der Waals surface area contributed by atoms with E-state index in [1.54, 1.807) is 30.9 Å². The van der Waals surface area contributed by atoms with Crippen LogP contribution in [0.15, 0.2) is 61.2 Å². The van der Waals surface area contributed by atoms with Crippen LogP contribution in [0.2, 0.25) is 0 Å². The molecule has 0 radical (unpaired) electrons. The third-order valence-electron chi connectivity index (χ3n) is 3.61. The first-order valence-corrected chi connectivity index (χ1v) is 7.55. The third-order valence-corrected chi connectivity index (χ3v) is 3.61. The third kappa shape index (κ3) is 3.60. The van der Waals surface area contributed by atoms with E-state index < -0.39 is 12.1 Å². The highest BCUT2D eigenvalue weighted by Crippen LogP contribution is 2.19. The Bertz CT molecular complexity index is 858. The van der Waals surface area contributed by atoms with E-state index in [0.717, 1.165) is 11.1 Å². The lowest BCUT2D eigenvalue weighted by Crippen LogP contribution is -2.28. The number of aromatic nitrogens is 2. The largest absolute Gasteiger partial charge is 0.452 e. The van der Waals surface area contributed by atoms with Gasteiger partial charge in [-0.15, -0.1) is 0 Å². The van der Waals surface area contributed by atoms with Crippen molar-refractivity contribution in [2.75, 3.05) is 6.54 Å². The monoisotopic (exact) mass is 323 g/mol. The lowest BCUT2D eigenvalue weighted by atomic mass is 10.1. The predicted molar refractivity (Wildman–Crippen MR) is 88.5 cm³/mol. The lowest BCUT2D eigenvalue weighted by molar-refractivity contribution is -0.119. The zero-order chi connectivity index (χ0) is 16.9. The quantitative estimate of drug-likeness (QED) is 0.732. The number of hydrogen-bond acceptors (Lipinski definition) is 4. The van der Waals surface area contributed by atoms with Crippen molar-refractivity contribution < 1.29 is 14.3 Å². The van der Waals surface area contributed by atoms with Gasteiger partial charge in [0, 0.05) is 13.1 Å². The van der Waals surface area contributed by atoms with Crippen LogP contribution in [0.4, 0.5) is 0 Å². The van der Waals surface area contributed by atoms with Gasteiger partial charge >= 0.3 is 5.97 Å². The molecule has 24 heavy (non-hydrogen) atoms. The van der Waals surface area contributed by atoms with Gasteiger partial charge in [0.25, 0.3) is 0 Å². The van der Waals surface area contributed by atoms with Gasteiger partial charge in [0.2, 0.25) is 5.91 Å². The number of hydrogen-bond donors (Lipinski definition) is 1. The van der Waals surface area contributed by atoms with Gasteiger partial charge in [0.05, 0.1) is 30.1 Å². The van der Waals surface area contributed by atoms with Crippen LogP contribution in [0.3, 0.4) is 0 Å². The SMILES string of the molecule is CC(=O)NCC(OC(=O)c1ccn2cncc2c1)c1ccccc1. The van der Waals surface area contributed by atoms with Gasteiger partial charge in [-0.2, -0.15) is 0 Å². The minimum atomic E-state index is -0.552. The average molecular weight is 323 g/mol. The van der Waals surface area contributed by atoms with Gasteiger partial charge in [-0.1, -0.05) is 30.3 Å². The second-order valence-electron chi connectivity index (χ2n) is 5.38. The molecular formula is C18H17N3O3. The van der Waals surface area contributed by atoms with E-state index in [4.69, 9.17) is 4.74 Å². The van der Waals surface area contributed by atoms with Crippen LogP contribution in [-0.2, 0) is 9.53 Å². The molecule has 0 aliphatic rings. The summed E-state index contributed by atoms with van der Waals surface area (Å²) in [6, 6.07) is 12.7. The Kier molecular flexibility index (Phi) is 4.56. The average Bonchev–Trinajstić information content (AvgIpc) is 3.06. The maximum atomic E-state index is 12.5. The Balaban J connectivity index is 1.80. The summed E-state index contributed by atoms with van der Waals surface area (Å²) in [7, 11) is 0. The van der Waals surface area contributed by atoms with E-state index in [-0.39, 0.29) is 12.5 Å². The van der Waals surface area contributed by atoms with E-state index >= 15 is 0 Å². The molecule has 0 saturated carbocycles. The van der Waals surface area contributed by atoms with Crippen molar-refractivity contribution in [1.29, 1.82) is 0 Å². The Morgan fingerprint density at radius 2 is 2.04 bits per heavy atom. The summed E-state index contributed by atoms with van der Waals surface area (Å²) >= 11 is 0. The van der Waals surface area contributed by atoms with E-state index in [9.17, 15) is 9.59 Å². The summed E-state index contributed by atoms with van der Waals surface area (Å²) in [5.41, 5.74) is 2.07. The molecule has 0 bridgehead atoms. The minimum Gasteiger partial charge on any atom is -0.452 e. The van der Waals surface area contributed by atoms with Crippen LogP contribution in [0, 0.1) is 0 Å². The molecule has 122 valence electrons. The molecule has 1 N–H and O–H groups in total. The molecule has 1 aromatic carbocycles. The Hall–Kier alpha value is -3.15. The number of pyridine rings is 1. The molecular weight excluding hydrogens is 306 g/mol. The second kappa shape index (κ2) is 6.95. The lowest BCUT2D eigenvalue weighted by Gasteiger charge is -2.18. The fourth-order valence-electron chi connectivity index (χ4n) is 2.38. The molecule has 0 saturated heterocycles. The van der Waals surface area contributed by atoms with Crippen LogP contribution >= 0.6 is 0 Å². The fraction of sp³-hybridized carbons (Fsp3) is 0.167. The summed E-state index contributed by atoms with van der Waals surface area (Å²) in [6.45, 7) is 1.65. The smallest absolute Gasteiger partial charge is 0.338 e. The van der Waals surface area contributed by atoms with E-state index in [1.807, 2.05) is 34.7 Å². The Morgan fingerprint density at radius 1 is 1.25 bits per heavy atom. The molecule has 1 amide bonds. The minimum absolute atomic E-state index is 0.173. The number of fused-ring (bicyclic) bond motifs is 1. The number of imidazole rings is 1. The zero-order valence-corrected chi connectivity index (χ0v) is 13.2. The molecule has 0 aliphatic heterocycles. The Labute approximate surface area is 139 Å². The van der Waals surface area contributed by atoms with Crippen molar-refractivity contribution in [3.05, 3.63) is 72.3 Å². The molecule has 6 nitrogen and oxygen atoms in total. The molecule has 6 heteroatoms. The first kappa shape index (κ1) is 15.7. The van der Waals surface area contributed by atoms with Gasteiger partial charge < -0.3 is 14.5 Å². The number of carbonyl (C=O) groups excluding carboxylic acids is 2. The normalized spacial score (nSPS) is 11.9. The maximum absolute atomic E-state index is 12.5. The molecule has 0 spiro atoms. The second-order valence-corrected chi connectivity index (χ2v) is 5.38. The molecule has 1 atom stereocenters. The topological polar surface area (TPSA) is 72.7 Å². The summed E-state index contributed by atoms with van der Waals surface area (Å²) < 4.78 is 7.42. The first-order chi connectivity index (χ1) is 11.6. The van der Waals surface area contributed by atoms with Crippen molar-refractivity contribution in [2.45, 2.75) is 13.0 Å². The van der Waals surface area contributed by atoms with E-state index in [2.05, 4.69) is 10.3 Å². The van der Waals surface area contributed by atoms with E-state index in [0.29, 0.717) is 5.56 Å². The molecule has 1 unspecified atom stereocenters. The van der Waals surface area contributed by atoms with Gasteiger partial charge in [-0.25, -0.2) is 9.78 Å². The zero-order valence-electron chi connectivity index (χ0n) is 13.2. The number of amides is 1. The van der Waals surface area contributed by atoms with E-state index in [1.165, 1.54) is 6.92 Å². The maximum Gasteiger partial charge on any atom is 0.338 e. The number of carbonyl (C=O) groups is 2. The van der Waals surface area contributed by atoms with Gasteiger partial charge in [-0.3, -0.25) is 4.79 Å². The Morgan fingerprint density at radius 3 is 2.79 bits per heavy atom. The number of esters is 1. The fourth-order valence-corrected chi connectivity index (χ4v) is 2.38. The van der Waals surface area contributed by atoms with Crippen LogP contribution < -0.4 is 5.32 Å². The molecule has 2 aromatic heterocycles. The van der Waals surface area contributed by atoms with Gasteiger partial charge in [-0.05, 0) is 17.7 Å². The highest BCUT2D eigenvalue weighted by atomic mass is 16.5. The van der Waals surface area contributed by atoms with Crippen molar-refractivity contribution in [3.8, 4) is 0 Å². The molecule has 3 rings (SSSR count). The molecule has 0 fully saturated rings.